The molecule has 1 aromatic carbocycles. The molecule has 4 heterocycles. The number of aryl methyl sites for hydroxylation is 1. The molecule has 2 saturated heterocycles. The molecule has 2 fully saturated rings. The summed E-state index contributed by atoms with van der Waals surface area (Å²) in [6, 6.07) is 6.48. The molecule has 10 heteroatoms. The number of aromatic nitrogens is 1. The Labute approximate surface area is 225 Å². The van der Waals surface area contributed by atoms with Crippen molar-refractivity contribution in [2.75, 3.05) is 39.4 Å². The maximum atomic E-state index is 13.2. The standard InChI is InChI=1S/C28H33F3N4O2S/c29-28(30,31)21-3-1-18-6-9-34(13-20(18)11-21)16-27(36)33-24-14-35(22-7-10-37-17-22)15-26(24)38-25-4-2-19-5-8-32-12-23(19)25/h1,3,5,8,11-12,22,24-26H,2,4,6-7,9-10,13-17H2,(H,33,36)/t22?,24?,25?,26-/m0/s1. The van der Waals surface area contributed by atoms with Crippen LogP contribution in [-0.4, -0.2) is 77.4 Å². The molecule has 4 aliphatic rings. The number of carbonyl (C=O) groups excluding carboxylic acids is 1. The number of likely N-dealkylation sites (tertiary alicyclic amines) is 1. The lowest BCUT2D eigenvalue weighted by Crippen LogP contribution is -2.47. The van der Waals surface area contributed by atoms with Crippen LogP contribution in [0.3, 0.4) is 0 Å². The van der Waals surface area contributed by atoms with Crippen molar-refractivity contribution in [3.63, 3.8) is 0 Å². The molecule has 0 bridgehead atoms. The van der Waals surface area contributed by atoms with E-state index in [4.69, 9.17) is 4.74 Å². The third-order valence-corrected chi connectivity index (χ3v) is 10.0. The summed E-state index contributed by atoms with van der Waals surface area (Å²) < 4.78 is 45.3. The minimum atomic E-state index is -4.37. The van der Waals surface area contributed by atoms with E-state index < -0.39 is 11.7 Å². The van der Waals surface area contributed by atoms with Crippen molar-refractivity contribution in [3.05, 3.63) is 64.5 Å². The van der Waals surface area contributed by atoms with Gasteiger partial charge in [0.1, 0.15) is 0 Å². The third-order valence-electron chi connectivity index (χ3n) is 8.36. The Kier molecular flexibility index (Phi) is 7.41. The molecule has 3 aliphatic heterocycles. The fourth-order valence-corrected chi connectivity index (χ4v) is 7.97. The number of nitrogens with one attached hydrogen (secondary N) is 1. The number of amides is 1. The summed E-state index contributed by atoms with van der Waals surface area (Å²) in [7, 11) is 0. The van der Waals surface area contributed by atoms with Crippen LogP contribution in [0.4, 0.5) is 13.2 Å². The average molecular weight is 547 g/mol. The monoisotopic (exact) mass is 546 g/mol. The minimum Gasteiger partial charge on any atom is -0.380 e. The van der Waals surface area contributed by atoms with Gasteiger partial charge in [0.05, 0.1) is 24.8 Å². The predicted octanol–water partition coefficient (Wildman–Crippen LogP) is 3.84. The highest BCUT2D eigenvalue weighted by Crippen LogP contribution is 2.45. The topological polar surface area (TPSA) is 57.7 Å². The second kappa shape index (κ2) is 10.8. The van der Waals surface area contributed by atoms with E-state index >= 15 is 0 Å². The number of hydrogen-bond donors (Lipinski definition) is 1. The van der Waals surface area contributed by atoms with Crippen molar-refractivity contribution in [3.8, 4) is 0 Å². The van der Waals surface area contributed by atoms with E-state index in [9.17, 15) is 18.0 Å². The van der Waals surface area contributed by atoms with Gasteiger partial charge in [-0.3, -0.25) is 19.6 Å². The fraction of sp³-hybridized carbons (Fsp3) is 0.571. The highest BCUT2D eigenvalue weighted by Gasteiger charge is 2.41. The summed E-state index contributed by atoms with van der Waals surface area (Å²) in [6.07, 6.45) is 3.29. The minimum absolute atomic E-state index is 0.0164. The molecule has 3 unspecified atom stereocenters. The number of halogens is 3. The zero-order chi connectivity index (χ0) is 26.3. The normalized spacial score (nSPS) is 27.9. The highest BCUT2D eigenvalue weighted by atomic mass is 32.2. The SMILES string of the molecule is O=C(CN1CCc2ccc(C(F)(F)F)cc2C1)NC1CN(C2CCOC2)C[C@@H]1SC1CCc2ccncc21. The Morgan fingerprint density at radius 2 is 2.03 bits per heavy atom. The quantitative estimate of drug-likeness (QED) is 0.595. The predicted molar refractivity (Wildman–Crippen MR) is 140 cm³/mol. The van der Waals surface area contributed by atoms with Crippen molar-refractivity contribution in [2.45, 2.75) is 61.0 Å². The number of thioether (sulfide) groups is 1. The molecule has 2 aromatic rings. The molecule has 38 heavy (non-hydrogen) atoms. The van der Waals surface area contributed by atoms with Crippen LogP contribution in [0, 0.1) is 0 Å². The summed E-state index contributed by atoms with van der Waals surface area (Å²) >= 11 is 1.95. The molecule has 4 atom stereocenters. The number of hydrogen-bond acceptors (Lipinski definition) is 6. The first-order valence-electron chi connectivity index (χ1n) is 13.4. The van der Waals surface area contributed by atoms with E-state index in [0.717, 1.165) is 57.2 Å². The highest BCUT2D eigenvalue weighted by molar-refractivity contribution is 8.00. The van der Waals surface area contributed by atoms with Crippen LogP contribution in [0.1, 0.15) is 45.9 Å². The zero-order valence-electron chi connectivity index (χ0n) is 21.3. The smallest absolute Gasteiger partial charge is 0.380 e. The second-order valence-electron chi connectivity index (χ2n) is 10.9. The number of ether oxygens (including phenoxy) is 1. The number of benzene rings is 1. The lowest BCUT2D eigenvalue weighted by Gasteiger charge is -2.30. The van der Waals surface area contributed by atoms with Gasteiger partial charge in [-0.1, -0.05) is 6.07 Å². The van der Waals surface area contributed by atoms with Gasteiger partial charge in [0.25, 0.3) is 0 Å². The number of fused-ring (bicyclic) bond motifs is 2. The third kappa shape index (κ3) is 5.59. The van der Waals surface area contributed by atoms with Gasteiger partial charge < -0.3 is 10.1 Å². The van der Waals surface area contributed by atoms with Crippen molar-refractivity contribution < 1.29 is 22.7 Å². The largest absolute Gasteiger partial charge is 0.416 e. The van der Waals surface area contributed by atoms with Crippen LogP contribution in [0.15, 0.2) is 36.7 Å². The molecule has 1 N–H and O–H groups in total. The second-order valence-corrected chi connectivity index (χ2v) is 12.3. The summed E-state index contributed by atoms with van der Waals surface area (Å²) in [5, 5.41) is 3.94. The average Bonchev–Trinajstić information content (AvgIpc) is 3.64. The van der Waals surface area contributed by atoms with Gasteiger partial charge in [-0.05, 0) is 66.1 Å². The first kappa shape index (κ1) is 26.1. The Morgan fingerprint density at radius 3 is 2.84 bits per heavy atom. The molecule has 204 valence electrons. The number of carbonyl (C=O) groups is 1. The van der Waals surface area contributed by atoms with Crippen LogP contribution in [0.2, 0.25) is 0 Å². The maximum Gasteiger partial charge on any atom is 0.416 e. The van der Waals surface area contributed by atoms with Crippen molar-refractivity contribution in [2.24, 2.45) is 0 Å². The number of rotatable bonds is 6. The Hall–Kier alpha value is -2.14. The summed E-state index contributed by atoms with van der Waals surface area (Å²) in [6.45, 7) is 4.42. The van der Waals surface area contributed by atoms with Gasteiger partial charge in [0, 0.05) is 61.7 Å². The summed E-state index contributed by atoms with van der Waals surface area (Å²) in [5.74, 6) is -0.0611. The molecular weight excluding hydrogens is 513 g/mol. The van der Waals surface area contributed by atoms with E-state index in [-0.39, 0.29) is 23.7 Å². The number of alkyl halides is 3. The molecule has 6 nitrogen and oxygen atoms in total. The molecule has 1 aliphatic carbocycles. The van der Waals surface area contributed by atoms with E-state index in [0.29, 0.717) is 36.4 Å². The summed E-state index contributed by atoms with van der Waals surface area (Å²) in [5.41, 5.74) is 3.65. The first-order chi connectivity index (χ1) is 18.3. The van der Waals surface area contributed by atoms with E-state index in [2.05, 4.69) is 21.3 Å². The van der Waals surface area contributed by atoms with Crippen LogP contribution in [0.25, 0.3) is 0 Å². The van der Waals surface area contributed by atoms with Gasteiger partial charge in [0.15, 0.2) is 0 Å². The van der Waals surface area contributed by atoms with Gasteiger partial charge in [-0.25, -0.2) is 0 Å². The molecule has 1 aromatic heterocycles. The molecule has 0 radical (unpaired) electrons. The first-order valence-corrected chi connectivity index (χ1v) is 14.4. The summed E-state index contributed by atoms with van der Waals surface area (Å²) in [4.78, 5) is 22.0. The van der Waals surface area contributed by atoms with Crippen molar-refractivity contribution in [1.29, 1.82) is 0 Å². The Balaban J connectivity index is 1.11. The lowest BCUT2D eigenvalue weighted by molar-refractivity contribution is -0.137. The van der Waals surface area contributed by atoms with Gasteiger partial charge in [-0.15, -0.1) is 11.8 Å². The van der Waals surface area contributed by atoms with Crippen LogP contribution in [0.5, 0.6) is 0 Å². The molecular formula is C28H33F3N4O2S. The molecule has 0 spiro atoms. The van der Waals surface area contributed by atoms with E-state index in [1.807, 2.05) is 29.1 Å². The lowest BCUT2D eigenvalue weighted by atomic mass is 9.97. The van der Waals surface area contributed by atoms with Gasteiger partial charge in [0.2, 0.25) is 5.91 Å². The Morgan fingerprint density at radius 1 is 1.13 bits per heavy atom. The van der Waals surface area contributed by atoms with Crippen LogP contribution < -0.4 is 5.32 Å². The van der Waals surface area contributed by atoms with Crippen LogP contribution >= 0.6 is 11.8 Å². The number of nitrogens with zero attached hydrogens (tertiary/aromatic N) is 3. The molecule has 0 saturated carbocycles. The Bertz CT molecular complexity index is 1170. The van der Waals surface area contributed by atoms with Gasteiger partial charge >= 0.3 is 6.18 Å². The van der Waals surface area contributed by atoms with Crippen molar-refractivity contribution >= 4 is 17.7 Å². The zero-order valence-corrected chi connectivity index (χ0v) is 22.1. The molecule has 6 rings (SSSR count). The molecule has 1 amide bonds. The number of pyridine rings is 1. The maximum absolute atomic E-state index is 13.2. The van der Waals surface area contributed by atoms with Crippen molar-refractivity contribution in [1.82, 2.24) is 20.1 Å². The van der Waals surface area contributed by atoms with E-state index in [1.165, 1.54) is 17.2 Å². The van der Waals surface area contributed by atoms with E-state index in [1.54, 1.807) is 6.07 Å². The van der Waals surface area contributed by atoms with Crippen LogP contribution in [-0.2, 0) is 35.1 Å². The fourth-order valence-electron chi connectivity index (χ4n) is 6.32. The van der Waals surface area contributed by atoms with Gasteiger partial charge in [-0.2, -0.15) is 13.2 Å².